The lowest BCUT2D eigenvalue weighted by atomic mass is 10.0. The van der Waals surface area contributed by atoms with E-state index in [-0.39, 0.29) is 11.9 Å². The number of hydrogen-bond acceptors (Lipinski definition) is 4. The van der Waals surface area contributed by atoms with Crippen molar-refractivity contribution in [2.24, 2.45) is 7.05 Å². The van der Waals surface area contributed by atoms with Crippen molar-refractivity contribution in [1.29, 1.82) is 0 Å². The number of benzene rings is 1. The van der Waals surface area contributed by atoms with E-state index < -0.39 is 0 Å². The molecule has 0 spiro atoms. The van der Waals surface area contributed by atoms with Crippen LogP contribution in [-0.4, -0.2) is 42.4 Å². The van der Waals surface area contributed by atoms with Gasteiger partial charge in [0.1, 0.15) is 12.7 Å². The summed E-state index contributed by atoms with van der Waals surface area (Å²) in [6.07, 6.45) is 4.36. The smallest absolute Gasteiger partial charge is 0.223 e. The Bertz CT molecular complexity index is 911. The second-order valence-corrected chi connectivity index (χ2v) is 6.89. The predicted octanol–water partition coefficient (Wildman–Crippen LogP) is 2.77. The Kier molecular flexibility index (Phi) is 5.39. The Balaban J connectivity index is 1.64. The van der Waals surface area contributed by atoms with E-state index in [9.17, 15) is 4.79 Å². The second kappa shape index (κ2) is 7.73. The molecule has 3 rings (SSSR count). The van der Waals surface area contributed by atoms with Crippen LogP contribution in [0.15, 0.2) is 36.9 Å². The van der Waals surface area contributed by atoms with Crippen LogP contribution in [0.25, 0.3) is 5.69 Å². The summed E-state index contributed by atoms with van der Waals surface area (Å²) in [6.45, 7) is 6.08. The van der Waals surface area contributed by atoms with Gasteiger partial charge in [0.15, 0.2) is 0 Å². The van der Waals surface area contributed by atoms with E-state index in [1.165, 1.54) is 11.9 Å². The lowest BCUT2D eigenvalue weighted by Crippen LogP contribution is -2.29. The molecule has 0 aliphatic carbocycles. The molecule has 0 fully saturated rings. The maximum Gasteiger partial charge on any atom is 0.223 e. The molecule has 7 nitrogen and oxygen atoms in total. The van der Waals surface area contributed by atoms with E-state index in [0.29, 0.717) is 12.8 Å². The Morgan fingerprint density at radius 2 is 1.93 bits per heavy atom. The summed E-state index contributed by atoms with van der Waals surface area (Å²) in [5.41, 5.74) is 5.33. The molecule has 0 aliphatic heterocycles. The van der Waals surface area contributed by atoms with E-state index >= 15 is 0 Å². The summed E-state index contributed by atoms with van der Waals surface area (Å²) < 4.78 is 3.58. The summed E-state index contributed by atoms with van der Waals surface area (Å²) in [7, 11) is 3.80. The number of carbonyl (C=O) groups is 1. The van der Waals surface area contributed by atoms with Gasteiger partial charge >= 0.3 is 0 Å². The van der Waals surface area contributed by atoms with Crippen molar-refractivity contribution in [2.45, 2.75) is 39.7 Å². The molecule has 27 heavy (non-hydrogen) atoms. The minimum absolute atomic E-state index is 0.00149. The van der Waals surface area contributed by atoms with Gasteiger partial charge in [0.2, 0.25) is 5.91 Å². The summed E-state index contributed by atoms with van der Waals surface area (Å²) in [6, 6.07) is 8.03. The third-order valence-electron chi connectivity index (χ3n) is 5.28. The highest BCUT2D eigenvalue weighted by molar-refractivity contribution is 5.76. The fourth-order valence-corrected chi connectivity index (χ4v) is 3.27. The highest BCUT2D eigenvalue weighted by Gasteiger charge is 2.19. The summed E-state index contributed by atoms with van der Waals surface area (Å²) in [4.78, 5) is 18.5. The maximum absolute atomic E-state index is 12.7. The molecule has 0 N–H and O–H groups in total. The molecular formula is C20H26N6O. The molecule has 0 saturated heterocycles. The van der Waals surface area contributed by atoms with Crippen LogP contribution in [0.4, 0.5) is 0 Å². The van der Waals surface area contributed by atoms with Crippen LogP contribution in [0.1, 0.15) is 41.9 Å². The first-order valence-electron chi connectivity index (χ1n) is 9.08. The van der Waals surface area contributed by atoms with Gasteiger partial charge in [-0.05, 0) is 50.5 Å². The fraction of sp³-hybridized carbons (Fsp3) is 0.400. The van der Waals surface area contributed by atoms with Crippen molar-refractivity contribution in [3.63, 3.8) is 0 Å². The van der Waals surface area contributed by atoms with Crippen molar-refractivity contribution < 1.29 is 4.79 Å². The molecule has 2 aromatic heterocycles. The number of rotatable bonds is 6. The van der Waals surface area contributed by atoms with Crippen LogP contribution in [0.3, 0.4) is 0 Å². The molecule has 0 aliphatic rings. The highest BCUT2D eigenvalue weighted by Crippen LogP contribution is 2.22. The van der Waals surface area contributed by atoms with E-state index in [4.69, 9.17) is 0 Å². The fourth-order valence-electron chi connectivity index (χ4n) is 3.27. The van der Waals surface area contributed by atoms with Crippen LogP contribution in [0.2, 0.25) is 0 Å². The topological polar surface area (TPSA) is 68.8 Å². The van der Waals surface area contributed by atoms with Gasteiger partial charge in [-0.25, -0.2) is 9.67 Å². The van der Waals surface area contributed by atoms with Gasteiger partial charge in [0.25, 0.3) is 0 Å². The maximum atomic E-state index is 12.7. The molecule has 0 radical (unpaired) electrons. The van der Waals surface area contributed by atoms with Gasteiger partial charge in [0, 0.05) is 26.2 Å². The zero-order valence-electron chi connectivity index (χ0n) is 16.5. The number of nitrogens with zero attached hydrogens (tertiary/aromatic N) is 6. The molecule has 1 amide bonds. The average Bonchev–Trinajstić information content (AvgIpc) is 3.28. The molecule has 3 aromatic rings. The van der Waals surface area contributed by atoms with Crippen LogP contribution in [-0.2, 0) is 18.3 Å². The van der Waals surface area contributed by atoms with Crippen LogP contribution in [0.5, 0.6) is 0 Å². The van der Waals surface area contributed by atoms with Crippen molar-refractivity contribution in [1.82, 2.24) is 29.4 Å². The number of aryl methyl sites for hydroxylation is 2. The molecule has 1 atom stereocenters. The first kappa shape index (κ1) is 18.8. The largest absolute Gasteiger partial charge is 0.339 e. The zero-order chi connectivity index (χ0) is 19.6. The van der Waals surface area contributed by atoms with E-state index in [0.717, 1.165) is 22.6 Å². The standard InChI is InChI=1S/C20H26N6O/c1-14-19(16(3)25(5)23-14)10-11-20(27)24(4)15(2)17-6-8-18(9-7-17)26-13-21-12-22-26/h6-9,12-13,15H,10-11H2,1-5H3. The number of hydrogen-bond donors (Lipinski definition) is 0. The summed E-state index contributed by atoms with van der Waals surface area (Å²) >= 11 is 0. The van der Waals surface area contributed by atoms with Gasteiger partial charge in [-0.1, -0.05) is 12.1 Å². The summed E-state index contributed by atoms with van der Waals surface area (Å²) in [5, 5.41) is 8.55. The highest BCUT2D eigenvalue weighted by atomic mass is 16.2. The minimum Gasteiger partial charge on any atom is -0.339 e. The van der Waals surface area contributed by atoms with Crippen LogP contribution >= 0.6 is 0 Å². The Hall–Kier alpha value is -2.96. The van der Waals surface area contributed by atoms with Gasteiger partial charge in [0.05, 0.1) is 17.4 Å². The molecule has 7 heteroatoms. The lowest BCUT2D eigenvalue weighted by Gasteiger charge is -2.25. The number of aromatic nitrogens is 5. The lowest BCUT2D eigenvalue weighted by molar-refractivity contribution is -0.131. The molecule has 0 bridgehead atoms. The van der Waals surface area contributed by atoms with E-state index in [2.05, 4.69) is 15.2 Å². The molecule has 2 heterocycles. The average molecular weight is 366 g/mol. The predicted molar refractivity (Wildman–Crippen MR) is 104 cm³/mol. The Labute approximate surface area is 159 Å². The van der Waals surface area contributed by atoms with Crippen molar-refractivity contribution in [3.05, 3.63) is 59.4 Å². The van der Waals surface area contributed by atoms with Gasteiger partial charge in [-0.2, -0.15) is 10.2 Å². The number of carbonyl (C=O) groups excluding carboxylic acids is 1. The molecule has 0 saturated carbocycles. The monoisotopic (exact) mass is 366 g/mol. The number of amides is 1. The first-order valence-corrected chi connectivity index (χ1v) is 9.08. The quantitative estimate of drug-likeness (QED) is 0.673. The zero-order valence-corrected chi connectivity index (χ0v) is 16.5. The molecular weight excluding hydrogens is 340 g/mol. The van der Waals surface area contributed by atoms with Crippen molar-refractivity contribution in [2.75, 3.05) is 7.05 Å². The summed E-state index contributed by atoms with van der Waals surface area (Å²) in [5.74, 6) is 0.130. The minimum atomic E-state index is -0.00149. The SMILES string of the molecule is Cc1nn(C)c(C)c1CCC(=O)N(C)C(C)c1ccc(-n2cncn2)cc1. The van der Waals surface area contributed by atoms with E-state index in [1.807, 2.05) is 68.7 Å². The van der Waals surface area contributed by atoms with Crippen LogP contribution < -0.4 is 0 Å². The van der Waals surface area contributed by atoms with Gasteiger partial charge in [-0.3, -0.25) is 9.48 Å². The van der Waals surface area contributed by atoms with Gasteiger partial charge < -0.3 is 4.90 Å². The Morgan fingerprint density at radius 1 is 1.22 bits per heavy atom. The van der Waals surface area contributed by atoms with Gasteiger partial charge in [-0.15, -0.1) is 0 Å². The molecule has 1 aromatic carbocycles. The third kappa shape index (κ3) is 3.92. The third-order valence-corrected chi connectivity index (χ3v) is 5.28. The van der Waals surface area contributed by atoms with Crippen molar-refractivity contribution >= 4 is 5.91 Å². The Morgan fingerprint density at radius 3 is 2.48 bits per heavy atom. The second-order valence-electron chi connectivity index (χ2n) is 6.89. The molecule has 1 unspecified atom stereocenters. The van der Waals surface area contributed by atoms with Crippen LogP contribution in [0, 0.1) is 13.8 Å². The normalized spacial score (nSPS) is 12.2. The molecule has 142 valence electrons. The van der Waals surface area contributed by atoms with Crippen molar-refractivity contribution in [3.8, 4) is 5.69 Å². The van der Waals surface area contributed by atoms with E-state index in [1.54, 1.807) is 11.0 Å². The first-order chi connectivity index (χ1) is 12.9.